The number of para-hydroxylation sites is 1. The molecule has 11 aromatic carbocycles. The Morgan fingerprint density at radius 2 is 0.889 bits per heavy atom. The third-order valence-electron chi connectivity index (χ3n) is 14.4. The van der Waals surface area contributed by atoms with Gasteiger partial charge < -0.3 is 9.13 Å². The van der Waals surface area contributed by atoms with Crippen LogP contribution in [0.2, 0.25) is 0 Å². The summed E-state index contributed by atoms with van der Waals surface area (Å²) < 4.78 is 4.97. The van der Waals surface area contributed by atoms with Crippen molar-refractivity contribution in [1.82, 2.24) is 9.13 Å². The molecule has 0 amide bonds. The number of rotatable bonds is 3. The second-order valence-corrected chi connectivity index (χ2v) is 18.0. The van der Waals surface area contributed by atoms with Crippen LogP contribution in [-0.2, 0) is 5.41 Å². The van der Waals surface area contributed by atoms with Crippen LogP contribution in [0.1, 0.15) is 25.0 Å². The summed E-state index contributed by atoms with van der Waals surface area (Å²) in [6.45, 7) is 4.78. The van der Waals surface area contributed by atoms with Crippen LogP contribution in [0.4, 0.5) is 0 Å². The molecular weight excluding hydrogens is 761 g/mol. The summed E-state index contributed by atoms with van der Waals surface area (Å²) in [5.41, 5.74) is 14.9. The molecule has 2 aromatic heterocycles. The van der Waals surface area contributed by atoms with Crippen molar-refractivity contribution >= 4 is 86.7 Å². The molecule has 294 valence electrons. The lowest BCUT2D eigenvalue weighted by Crippen LogP contribution is -2.14. The molecule has 2 heteroatoms. The van der Waals surface area contributed by atoms with Gasteiger partial charge in [-0.1, -0.05) is 159 Å². The zero-order chi connectivity index (χ0) is 41.6. The van der Waals surface area contributed by atoms with Crippen LogP contribution in [0.5, 0.6) is 0 Å². The fourth-order valence-corrected chi connectivity index (χ4v) is 11.6. The summed E-state index contributed by atoms with van der Waals surface area (Å²) in [5.74, 6) is 0. The molecule has 63 heavy (non-hydrogen) atoms. The standard InChI is InChI=1S/C61H40N2/c1-61(2)52-26-13-12-24-46(52)49-35-51-57(36-53(49)61)63(56-32-29-48-45-23-9-8-21-43(45)44-22-10-11-25-47(44)59(48)60(51)56)41-19-14-16-38(33-41)39-28-30-54-50(34-39)58-42-20-7-6-15-37(42)27-31-55(58)62(54)40-17-4-3-5-18-40/h3-36H,1-2H3. The third kappa shape index (κ3) is 4.67. The van der Waals surface area contributed by atoms with Crippen molar-refractivity contribution in [3.8, 4) is 33.6 Å². The maximum absolute atomic E-state index is 2.55. The SMILES string of the molecule is CC1(C)c2ccccc2-c2cc3c4c5c6ccccc6c6ccccc6c5ccc4n(-c4cccc(-c5ccc6c(c5)c5c7ccccc7ccc5n6-c5ccccc5)c4)c3cc21. The van der Waals surface area contributed by atoms with Gasteiger partial charge in [-0.25, -0.2) is 0 Å². The molecular formula is C61H40N2. The van der Waals surface area contributed by atoms with E-state index >= 15 is 0 Å². The smallest absolute Gasteiger partial charge is 0.0547 e. The predicted molar refractivity (Wildman–Crippen MR) is 268 cm³/mol. The topological polar surface area (TPSA) is 9.86 Å². The Morgan fingerprint density at radius 3 is 1.71 bits per heavy atom. The van der Waals surface area contributed by atoms with E-state index in [9.17, 15) is 0 Å². The zero-order valence-electron chi connectivity index (χ0n) is 35.0. The quantitative estimate of drug-likeness (QED) is 0.158. The molecule has 0 saturated heterocycles. The molecule has 0 radical (unpaired) electrons. The Kier molecular flexibility index (Phi) is 6.93. The van der Waals surface area contributed by atoms with Crippen LogP contribution in [0, 0.1) is 0 Å². The first-order chi connectivity index (χ1) is 31.0. The van der Waals surface area contributed by atoms with E-state index in [1.165, 1.54) is 126 Å². The monoisotopic (exact) mass is 800 g/mol. The number of nitrogens with zero attached hydrogens (tertiary/aromatic N) is 2. The summed E-state index contributed by atoms with van der Waals surface area (Å²) in [6, 6.07) is 77.1. The molecule has 2 heterocycles. The van der Waals surface area contributed by atoms with E-state index in [1.807, 2.05) is 0 Å². The molecule has 0 saturated carbocycles. The molecule has 1 aliphatic rings. The Hall–Kier alpha value is -7.94. The highest BCUT2D eigenvalue weighted by Gasteiger charge is 2.36. The van der Waals surface area contributed by atoms with E-state index in [0.717, 1.165) is 5.69 Å². The van der Waals surface area contributed by atoms with E-state index in [1.54, 1.807) is 0 Å². The van der Waals surface area contributed by atoms with Gasteiger partial charge in [0, 0.05) is 43.7 Å². The first kappa shape index (κ1) is 34.7. The lowest BCUT2D eigenvalue weighted by Gasteiger charge is -2.21. The van der Waals surface area contributed by atoms with Crippen molar-refractivity contribution in [3.63, 3.8) is 0 Å². The summed E-state index contributed by atoms with van der Waals surface area (Å²) in [6.07, 6.45) is 0. The zero-order valence-corrected chi connectivity index (χ0v) is 35.0. The minimum atomic E-state index is -0.132. The average molecular weight is 801 g/mol. The fourth-order valence-electron chi connectivity index (χ4n) is 11.6. The van der Waals surface area contributed by atoms with Crippen LogP contribution < -0.4 is 0 Å². The normalized spacial score (nSPS) is 13.4. The minimum absolute atomic E-state index is 0.132. The Bertz CT molecular complexity index is 4070. The molecule has 0 fully saturated rings. The van der Waals surface area contributed by atoms with E-state index < -0.39 is 0 Å². The van der Waals surface area contributed by atoms with Crippen LogP contribution in [0.15, 0.2) is 206 Å². The first-order valence-corrected chi connectivity index (χ1v) is 22.1. The Labute approximate surface area is 364 Å². The van der Waals surface area contributed by atoms with Crippen molar-refractivity contribution < 1.29 is 0 Å². The molecule has 2 nitrogen and oxygen atoms in total. The second kappa shape index (κ2) is 12.6. The van der Waals surface area contributed by atoms with Gasteiger partial charge in [0.05, 0.1) is 22.1 Å². The summed E-state index contributed by atoms with van der Waals surface area (Å²) in [5, 5.41) is 15.5. The minimum Gasteiger partial charge on any atom is -0.309 e. The highest BCUT2D eigenvalue weighted by Crippen LogP contribution is 2.52. The van der Waals surface area contributed by atoms with Gasteiger partial charge in [-0.15, -0.1) is 0 Å². The maximum Gasteiger partial charge on any atom is 0.0547 e. The second-order valence-electron chi connectivity index (χ2n) is 18.0. The van der Waals surface area contributed by atoms with Crippen molar-refractivity contribution in [2.75, 3.05) is 0 Å². The average Bonchev–Trinajstić information content (AvgIpc) is 3.93. The fraction of sp³-hybridized carbons (Fsp3) is 0.0492. The van der Waals surface area contributed by atoms with Gasteiger partial charge in [-0.05, 0) is 132 Å². The number of benzene rings is 11. The molecule has 0 atom stereocenters. The van der Waals surface area contributed by atoms with E-state index in [4.69, 9.17) is 0 Å². The molecule has 0 spiro atoms. The van der Waals surface area contributed by atoms with Gasteiger partial charge in [0.2, 0.25) is 0 Å². The van der Waals surface area contributed by atoms with Crippen LogP contribution in [0.25, 0.3) is 120 Å². The maximum atomic E-state index is 2.55. The highest BCUT2D eigenvalue weighted by atomic mass is 15.0. The third-order valence-corrected chi connectivity index (χ3v) is 14.4. The van der Waals surface area contributed by atoms with Crippen molar-refractivity contribution in [1.29, 1.82) is 0 Å². The molecule has 14 rings (SSSR count). The van der Waals surface area contributed by atoms with Gasteiger partial charge in [0.25, 0.3) is 0 Å². The molecule has 13 aromatic rings. The number of hydrogen-bond acceptors (Lipinski definition) is 0. The van der Waals surface area contributed by atoms with Crippen LogP contribution >= 0.6 is 0 Å². The summed E-state index contributed by atoms with van der Waals surface area (Å²) >= 11 is 0. The predicted octanol–water partition coefficient (Wildman–Crippen LogP) is 16.5. The Morgan fingerprint density at radius 1 is 0.302 bits per heavy atom. The van der Waals surface area contributed by atoms with Gasteiger partial charge in [-0.3, -0.25) is 0 Å². The molecule has 0 aliphatic heterocycles. The molecule has 1 aliphatic carbocycles. The van der Waals surface area contributed by atoms with Crippen LogP contribution in [0.3, 0.4) is 0 Å². The van der Waals surface area contributed by atoms with Crippen molar-refractivity contribution in [2.24, 2.45) is 0 Å². The van der Waals surface area contributed by atoms with E-state index in [2.05, 4.69) is 229 Å². The highest BCUT2D eigenvalue weighted by molar-refractivity contribution is 6.35. The lowest BCUT2D eigenvalue weighted by molar-refractivity contribution is 0.661. The molecule has 0 N–H and O–H groups in total. The van der Waals surface area contributed by atoms with Crippen molar-refractivity contribution in [3.05, 3.63) is 217 Å². The largest absolute Gasteiger partial charge is 0.309 e. The number of hydrogen-bond donors (Lipinski definition) is 0. The Balaban J connectivity index is 1.06. The van der Waals surface area contributed by atoms with E-state index in [0.29, 0.717) is 0 Å². The van der Waals surface area contributed by atoms with Gasteiger partial charge in [0.15, 0.2) is 0 Å². The van der Waals surface area contributed by atoms with Crippen molar-refractivity contribution in [2.45, 2.75) is 19.3 Å². The number of aromatic nitrogens is 2. The van der Waals surface area contributed by atoms with E-state index in [-0.39, 0.29) is 5.41 Å². The van der Waals surface area contributed by atoms with Gasteiger partial charge in [-0.2, -0.15) is 0 Å². The lowest BCUT2D eigenvalue weighted by atomic mass is 9.82. The molecule has 0 unspecified atom stereocenters. The first-order valence-electron chi connectivity index (χ1n) is 22.1. The summed E-state index contributed by atoms with van der Waals surface area (Å²) in [7, 11) is 0. The van der Waals surface area contributed by atoms with Gasteiger partial charge in [0.1, 0.15) is 0 Å². The molecule has 0 bridgehead atoms. The van der Waals surface area contributed by atoms with Crippen LogP contribution in [-0.4, -0.2) is 9.13 Å². The van der Waals surface area contributed by atoms with Gasteiger partial charge >= 0.3 is 0 Å². The summed E-state index contributed by atoms with van der Waals surface area (Å²) in [4.78, 5) is 0. The number of fused-ring (bicyclic) bond motifs is 18.